The molecule has 0 atom stereocenters. The van der Waals surface area contributed by atoms with Gasteiger partial charge in [0.1, 0.15) is 0 Å². The molecule has 2 radical (unpaired) electrons. The molecule has 0 unspecified atom stereocenters. The van der Waals surface area contributed by atoms with E-state index < -0.39 is 0 Å². The van der Waals surface area contributed by atoms with Gasteiger partial charge in [0.2, 0.25) is 0 Å². The van der Waals surface area contributed by atoms with Gasteiger partial charge in [-0.3, -0.25) is 0 Å². The normalized spacial score (nSPS) is 9.43. The quantitative estimate of drug-likeness (QED) is 0.515. The van der Waals surface area contributed by atoms with Crippen LogP contribution in [0.15, 0.2) is 0 Å². The van der Waals surface area contributed by atoms with Crippen molar-refractivity contribution in [1.82, 2.24) is 5.32 Å². The van der Waals surface area contributed by atoms with E-state index in [-0.39, 0.29) is 0 Å². The molecule has 0 aromatic rings. The van der Waals surface area contributed by atoms with Crippen molar-refractivity contribution in [3.63, 3.8) is 0 Å². The molecule has 0 heterocycles. The molecule has 0 rings (SSSR count). The molecule has 1 nitrogen and oxygen atoms in total. The Balaban J connectivity index is 2.45. The second kappa shape index (κ2) is 6.76. The Morgan fingerprint density at radius 3 is 2.71 bits per heavy atom. The van der Waals surface area contributed by atoms with Crippen LogP contribution in [0.25, 0.3) is 0 Å². The molecule has 2 heteroatoms. The fourth-order valence-corrected chi connectivity index (χ4v) is 0.986. The number of hydrogen-bond donors (Lipinski definition) is 1. The molecular formula is C5H13NSn. The summed E-state index contributed by atoms with van der Waals surface area (Å²) in [4.78, 5) is 0. The number of hydrogen-bond acceptors (Lipinski definition) is 1. The van der Waals surface area contributed by atoms with Crippen molar-refractivity contribution in [3.05, 3.63) is 0 Å². The Hall–Kier alpha value is 0.759. The summed E-state index contributed by atoms with van der Waals surface area (Å²) in [6.07, 6.45) is 1.37. The van der Waals surface area contributed by atoms with Crippen LogP contribution in [0.5, 0.6) is 0 Å². The first-order valence-corrected chi connectivity index (χ1v) is 5.15. The van der Waals surface area contributed by atoms with E-state index in [1.807, 2.05) is 0 Å². The molecule has 0 aliphatic carbocycles. The van der Waals surface area contributed by atoms with Crippen LogP contribution in [0.2, 0.25) is 4.44 Å². The Labute approximate surface area is 59.0 Å². The monoisotopic (exact) mass is 207 g/mol. The summed E-state index contributed by atoms with van der Waals surface area (Å²) in [6, 6.07) is 0. The molecule has 0 aliphatic rings. The van der Waals surface area contributed by atoms with Crippen LogP contribution in [0.1, 0.15) is 13.3 Å². The van der Waals surface area contributed by atoms with Crippen LogP contribution >= 0.6 is 0 Å². The molecule has 0 aromatic carbocycles. The fraction of sp³-hybridized carbons (Fsp3) is 1.00. The molecule has 7 heavy (non-hydrogen) atoms. The zero-order valence-electron chi connectivity index (χ0n) is 4.91. The van der Waals surface area contributed by atoms with Gasteiger partial charge in [-0.2, -0.15) is 0 Å². The molecule has 0 saturated carbocycles. The molecule has 0 spiro atoms. The van der Waals surface area contributed by atoms with Crippen LogP contribution < -0.4 is 5.32 Å². The van der Waals surface area contributed by atoms with Gasteiger partial charge in [-0.15, -0.1) is 0 Å². The van der Waals surface area contributed by atoms with Crippen LogP contribution in [-0.4, -0.2) is 35.6 Å². The van der Waals surface area contributed by atoms with E-state index in [0.717, 1.165) is 6.54 Å². The molecule has 1 N–H and O–H groups in total. The van der Waals surface area contributed by atoms with E-state index in [1.54, 1.807) is 0 Å². The summed E-state index contributed by atoms with van der Waals surface area (Å²) < 4.78 is 1.43. The maximum atomic E-state index is 3.27. The molecular weight excluding hydrogens is 193 g/mol. The summed E-state index contributed by atoms with van der Waals surface area (Å²) in [5, 5.41) is 3.27. The van der Waals surface area contributed by atoms with E-state index in [9.17, 15) is 0 Å². The Morgan fingerprint density at radius 2 is 2.29 bits per heavy atom. The first-order valence-electron chi connectivity index (χ1n) is 2.82. The summed E-state index contributed by atoms with van der Waals surface area (Å²) in [5.41, 5.74) is 0. The van der Waals surface area contributed by atoms with Crippen molar-refractivity contribution < 1.29 is 0 Å². The van der Waals surface area contributed by atoms with Crippen LogP contribution in [0, 0.1) is 0 Å². The number of rotatable bonds is 4. The predicted molar refractivity (Wildman–Crippen MR) is 35.1 cm³/mol. The van der Waals surface area contributed by atoms with Crippen LogP contribution in [-0.2, 0) is 0 Å². The first kappa shape index (κ1) is 7.76. The summed E-state index contributed by atoms with van der Waals surface area (Å²) >= 11 is 1.42. The standard InChI is InChI=1S/C5H12N.Sn.H/c1-3-5-6-4-2;;/h6H,1,3-5H2,2H3;;. The summed E-state index contributed by atoms with van der Waals surface area (Å²) in [5.74, 6) is 0. The molecule has 0 amide bonds. The topological polar surface area (TPSA) is 12.0 Å². The molecule has 0 saturated heterocycles. The minimum atomic E-state index is 1.13. The minimum absolute atomic E-state index is 1.13. The SMILES string of the molecule is CCNCC[CH2][SnH]. The predicted octanol–water partition coefficient (Wildman–Crippen LogP) is 0.305. The first-order chi connectivity index (χ1) is 3.41. The van der Waals surface area contributed by atoms with Gasteiger partial charge in [0, 0.05) is 0 Å². The zero-order valence-corrected chi connectivity index (χ0v) is 8.20. The van der Waals surface area contributed by atoms with E-state index in [4.69, 9.17) is 0 Å². The van der Waals surface area contributed by atoms with E-state index in [0.29, 0.717) is 0 Å². The number of nitrogens with one attached hydrogen (secondary N) is 1. The van der Waals surface area contributed by atoms with Gasteiger partial charge in [-0.05, 0) is 0 Å². The Bertz CT molecular complexity index is 27.3. The molecule has 0 aliphatic heterocycles. The van der Waals surface area contributed by atoms with Gasteiger partial charge >= 0.3 is 58.7 Å². The molecule has 0 bridgehead atoms. The van der Waals surface area contributed by atoms with Crippen molar-refractivity contribution >= 4 is 22.5 Å². The maximum absolute atomic E-state index is 3.27. The van der Waals surface area contributed by atoms with Crippen LogP contribution in [0.3, 0.4) is 0 Å². The van der Waals surface area contributed by atoms with Gasteiger partial charge in [-0.25, -0.2) is 0 Å². The van der Waals surface area contributed by atoms with Gasteiger partial charge in [0.05, 0.1) is 0 Å². The third-order valence-electron chi connectivity index (χ3n) is 0.808. The third-order valence-corrected chi connectivity index (χ3v) is 1.97. The van der Waals surface area contributed by atoms with Gasteiger partial charge < -0.3 is 0 Å². The second-order valence-electron chi connectivity index (χ2n) is 1.50. The Kier molecular flexibility index (Phi) is 7.49. The average Bonchev–Trinajstić information content (AvgIpc) is 1.69. The van der Waals surface area contributed by atoms with Crippen LogP contribution in [0.4, 0.5) is 0 Å². The van der Waals surface area contributed by atoms with E-state index in [1.165, 1.54) is 39.9 Å². The van der Waals surface area contributed by atoms with Crippen molar-refractivity contribution in [2.24, 2.45) is 0 Å². The Morgan fingerprint density at radius 1 is 1.57 bits per heavy atom. The second-order valence-corrected chi connectivity index (χ2v) is 3.14. The fourth-order valence-electron chi connectivity index (χ4n) is 0.404. The van der Waals surface area contributed by atoms with Crippen molar-refractivity contribution in [1.29, 1.82) is 0 Å². The summed E-state index contributed by atoms with van der Waals surface area (Å²) in [6.45, 7) is 4.49. The molecule has 42 valence electrons. The van der Waals surface area contributed by atoms with E-state index in [2.05, 4.69) is 12.2 Å². The van der Waals surface area contributed by atoms with E-state index >= 15 is 0 Å². The van der Waals surface area contributed by atoms with Gasteiger partial charge in [-0.1, -0.05) is 0 Å². The molecule has 0 aromatic heterocycles. The molecule has 0 fully saturated rings. The average molecular weight is 206 g/mol. The summed E-state index contributed by atoms with van der Waals surface area (Å²) in [7, 11) is 0. The van der Waals surface area contributed by atoms with Crippen molar-refractivity contribution in [3.8, 4) is 0 Å². The third kappa shape index (κ3) is 6.76. The van der Waals surface area contributed by atoms with Gasteiger partial charge in [0.15, 0.2) is 0 Å². The van der Waals surface area contributed by atoms with Gasteiger partial charge in [0.25, 0.3) is 0 Å². The van der Waals surface area contributed by atoms with Crippen molar-refractivity contribution in [2.45, 2.75) is 17.8 Å². The zero-order chi connectivity index (χ0) is 5.54. The van der Waals surface area contributed by atoms with Crippen molar-refractivity contribution in [2.75, 3.05) is 13.1 Å².